The van der Waals surface area contributed by atoms with Crippen molar-refractivity contribution in [1.82, 2.24) is 4.98 Å². The Kier molecular flexibility index (Phi) is 6.45. The van der Waals surface area contributed by atoms with E-state index >= 15 is 0 Å². The smallest absolute Gasteiger partial charge is 0.255 e. The van der Waals surface area contributed by atoms with Crippen LogP contribution in [-0.4, -0.2) is 24.6 Å². The zero-order valence-corrected chi connectivity index (χ0v) is 19.0. The zero-order valence-electron chi connectivity index (χ0n) is 16.6. The molecular weight excluding hydrogens is 424 g/mol. The highest BCUT2D eigenvalue weighted by atomic mass is 32.2. The van der Waals surface area contributed by atoms with Gasteiger partial charge in [0.2, 0.25) is 0 Å². The van der Waals surface area contributed by atoms with Crippen molar-refractivity contribution < 1.29 is 13.2 Å². The fraction of sp³-hybridized carbons (Fsp3) is 0.238. The molecule has 5 nitrogen and oxygen atoms in total. The Morgan fingerprint density at radius 1 is 1.10 bits per heavy atom. The molecule has 1 heterocycles. The molecule has 0 saturated carbocycles. The van der Waals surface area contributed by atoms with Crippen LogP contribution in [0.5, 0.6) is 0 Å². The minimum absolute atomic E-state index is 0.221. The Morgan fingerprint density at radius 3 is 2.34 bits per heavy atom. The maximum atomic E-state index is 12.6. The second kappa shape index (κ2) is 8.69. The number of rotatable bonds is 6. The molecule has 0 aliphatic heterocycles. The maximum absolute atomic E-state index is 12.6. The third-order valence-electron chi connectivity index (χ3n) is 4.31. The topological polar surface area (TPSA) is 76.1 Å². The number of carbonyl (C=O) groups excluding carboxylic acids is 1. The van der Waals surface area contributed by atoms with Gasteiger partial charge in [-0.25, -0.2) is 13.4 Å². The molecule has 0 unspecified atom stereocenters. The van der Waals surface area contributed by atoms with E-state index in [0.29, 0.717) is 11.3 Å². The van der Waals surface area contributed by atoms with E-state index in [1.165, 1.54) is 24.3 Å². The lowest BCUT2D eigenvalue weighted by Gasteiger charge is -2.11. The number of thiazole rings is 1. The average molecular weight is 447 g/mol. The Balaban J connectivity index is 1.72. The van der Waals surface area contributed by atoms with Crippen LogP contribution in [0.3, 0.4) is 0 Å². The predicted octanol–water partition coefficient (Wildman–Crippen LogP) is 5.35. The molecule has 0 radical (unpaired) electrons. The number of carbonyl (C=O) groups is 1. The van der Waals surface area contributed by atoms with Gasteiger partial charge >= 0.3 is 0 Å². The van der Waals surface area contributed by atoms with Gasteiger partial charge in [-0.05, 0) is 75.7 Å². The van der Waals surface area contributed by atoms with Gasteiger partial charge in [-0.3, -0.25) is 4.79 Å². The summed E-state index contributed by atoms with van der Waals surface area (Å²) in [6.07, 6.45) is 0. The van der Waals surface area contributed by atoms with Crippen LogP contribution in [0.1, 0.15) is 35.5 Å². The minimum Gasteiger partial charge on any atom is -0.322 e. The van der Waals surface area contributed by atoms with E-state index in [2.05, 4.69) is 10.3 Å². The van der Waals surface area contributed by atoms with Gasteiger partial charge in [0.05, 0.1) is 10.1 Å². The van der Waals surface area contributed by atoms with Gasteiger partial charge in [0.15, 0.2) is 14.2 Å². The molecule has 3 aromatic rings. The quantitative estimate of drug-likeness (QED) is 0.553. The van der Waals surface area contributed by atoms with Gasteiger partial charge in [-0.2, -0.15) is 0 Å². The largest absolute Gasteiger partial charge is 0.322 e. The monoisotopic (exact) mass is 446 g/mol. The fourth-order valence-corrected chi connectivity index (χ4v) is 5.55. The standard InChI is InChI=1S/C21H22N2O3S3/c1-13(2)29(25,26)18-8-5-16(6-9-18)20(24)23-19-10-7-17(11-14(19)3)28-21-22-15(4)12-27-21/h5-13H,1-4H3,(H,23,24). The van der Waals surface area contributed by atoms with Gasteiger partial charge in [0.25, 0.3) is 5.91 Å². The third kappa shape index (κ3) is 5.07. The highest BCUT2D eigenvalue weighted by molar-refractivity contribution is 8.01. The number of benzene rings is 2. The number of nitrogens with one attached hydrogen (secondary N) is 1. The van der Waals surface area contributed by atoms with Crippen molar-refractivity contribution >= 4 is 44.5 Å². The number of hydrogen-bond donors (Lipinski definition) is 1. The van der Waals surface area contributed by atoms with E-state index in [4.69, 9.17) is 0 Å². The lowest BCUT2D eigenvalue weighted by atomic mass is 10.1. The SMILES string of the molecule is Cc1csc(Sc2ccc(NC(=O)c3ccc(S(=O)(=O)C(C)C)cc3)c(C)c2)n1. The third-order valence-corrected chi connectivity index (χ3v) is 8.53. The fourth-order valence-electron chi connectivity index (χ4n) is 2.58. The Morgan fingerprint density at radius 2 is 1.79 bits per heavy atom. The summed E-state index contributed by atoms with van der Waals surface area (Å²) < 4.78 is 25.4. The molecule has 1 N–H and O–H groups in total. The van der Waals surface area contributed by atoms with Crippen LogP contribution in [0.2, 0.25) is 0 Å². The van der Waals surface area contributed by atoms with Crippen molar-refractivity contribution in [3.05, 3.63) is 64.7 Å². The molecule has 0 saturated heterocycles. The van der Waals surface area contributed by atoms with E-state index in [9.17, 15) is 13.2 Å². The highest BCUT2D eigenvalue weighted by Crippen LogP contribution is 2.32. The first-order valence-electron chi connectivity index (χ1n) is 9.03. The van der Waals surface area contributed by atoms with E-state index in [1.54, 1.807) is 36.9 Å². The first-order chi connectivity index (χ1) is 13.7. The second-order valence-corrected chi connectivity index (χ2v) is 11.6. The van der Waals surface area contributed by atoms with E-state index < -0.39 is 15.1 Å². The van der Waals surface area contributed by atoms with Crippen molar-refractivity contribution in [2.45, 2.75) is 47.1 Å². The van der Waals surface area contributed by atoms with Crippen molar-refractivity contribution in [1.29, 1.82) is 0 Å². The first-order valence-corrected chi connectivity index (χ1v) is 12.3. The highest BCUT2D eigenvalue weighted by Gasteiger charge is 2.19. The van der Waals surface area contributed by atoms with Gasteiger partial charge in [-0.15, -0.1) is 11.3 Å². The predicted molar refractivity (Wildman–Crippen MR) is 119 cm³/mol. The number of anilines is 1. The normalized spacial score (nSPS) is 11.6. The molecule has 0 spiro atoms. The zero-order chi connectivity index (χ0) is 21.2. The average Bonchev–Trinajstić information content (AvgIpc) is 3.08. The molecular formula is C21H22N2O3S3. The van der Waals surface area contributed by atoms with Crippen LogP contribution in [0.15, 0.2) is 62.0 Å². The van der Waals surface area contributed by atoms with Gasteiger partial charge in [0.1, 0.15) is 0 Å². The number of sulfone groups is 1. The summed E-state index contributed by atoms with van der Waals surface area (Å²) >= 11 is 3.20. The minimum atomic E-state index is -3.35. The molecule has 0 aliphatic rings. The summed E-state index contributed by atoms with van der Waals surface area (Å²) in [5, 5.41) is 4.40. The molecule has 0 fully saturated rings. The summed E-state index contributed by atoms with van der Waals surface area (Å²) in [5.41, 5.74) is 3.07. The molecule has 0 aliphatic carbocycles. The van der Waals surface area contributed by atoms with Crippen molar-refractivity contribution in [3.63, 3.8) is 0 Å². The number of hydrogen-bond acceptors (Lipinski definition) is 6. The molecule has 0 bridgehead atoms. The van der Waals surface area contributed by atoms with Crippen LogP contribution in [-0.2, 0) is 9.84 Å². The molecule has 1 amide bonds. The summed E-state index contributed by atoms with van der Waals surface area (Å²) in [7, 11) is -3.35. The Bertz CT molecular complexity index is 1130. The molecule has 0 atom stereocenters. The van der Waals surface area contributed by atoms with E-state index in [0.717, 1.165) is 20.5 Å². The number of aryl methyl sites for hydroxylation is 2. The van der Waals surface area contributed by atoms with Crippen LogP contribution in [0.4, 0.5) is 5.69 Å². The lowest BCUT2D eigenvalue weighted by Crippen LogP contribution is -2.15. The van der Waals surface area contributed by atoms with Crippen molar-refractivity contribution in [2.24, 2.45) is 0 Å². The summed E-state index contributed by atoms with van der Waals surface area (Å²) in [6.45, 7) is 7.17. The van der Waals surface area contributed by atoms with Crippen LogP contribution >= 0.6 is 23.1 Å². The molecule has 8 heteroatoms. The summed E-state index contributed by atoms with van der Waals surface area (Å²) in [6, 6.07) is 11.9. The van der Waals surface area contributed by atoms with E-state index in [-0.39, 0.29) is 10.8 Å². The second-order valence-electron chi connectivity index (χ2n) is 6.91. The first kappa shape index (κ1) is 21.5. The lowest BCUT2D eigenvalue weighted by molar-refractivity contribution is 0.102. The summed E-state index contributed by atoms with van der Waals surface area (Å²) in [5.74, 6) is -0.280. The van der Waals surface area contributed by atoms with Crippen LogP contribution < -0.4 is 5.32 Å². The summed E-state index contributed by atoms with van der Waals surface area (Å²) in [4.78, 5) is 18.3. The van der Waals surface area contributed by atoms with Crippen LogP contribution in [0, 0.1) is 13.8 Å². The molecule has 3 rings (SSSR count). The van der Waals surface area contributed by atoms with Crippen molar-refractivity contribution in [3.8, 4) is 0 Å². The van der Waals surface area contributed by atoms with Gasteiger partial charge < -0.3 is 5.32 Å². The Labute approximate surface area is 179 Å². The number of nitrogens with zero attached hydrogens (tertiary/aromatic N) is 1. The number of aromatic nitrogens is 1. The molecule has 152 valence electrons. The van der Waals surface area contributed by atoms with Gasteiger partial charge in [0, 0.05) is 27.2 Å². The molecule has 2 aromatic carbocycles. The molecule has 29 heavy (non-hydrogen) atoms. The van der Waals surface area contributed by atoms with Crippen LogP contribution in [0.25, 0.3) is 0 Å². The van der Waals surface area contributed by atoms with Crippen molar-refractivity contribution in [2.75, 3.05) is 5.32 Å². The van der Waals surface area contributed by atoms with Gasteiger partial charge in [-0.1, -0.05) is 11.8 Å². The maximum Gasteiger partial charge on any atom is 0.255 e. The number of amides is 1. The van der Waals surface area contributed by atoms with E-state index in [1.807, 2.05) is 37.4 Å². The molecule has 1 aromatic heterocycles. The Hall–Kier alpha value is -2.16.